The molecule has 0 aliphatic heterocycles. The van der Waals surface area contributed by atoms with Crippen LogP contribution in [0.3, 0.4) is 0 Å². The highest BCUT2D eigenvalue weighted by Gasteiger charge is 2.27. The quantitative estimate of drug-likeness (QED) is 0.454. The lowest BCUT2D eigenvalue weighted by Gasteiger charge is -2.26. The Hall–Kier alpha value is -1.71. The first-order valence-corrected chi connectivity index (χ1v) is 7.06. The molecule has 1 aromatic rings. The van der Waals surface area contributed by atoms with E-state index in [1.54, 1.807) is 0 Å². The van der Waals surface area contributed by atoms with Gasteiger partial charge in [-0.3, -0.25) is 0 Å². The summed E-state index contributed by atoms with van der Waals surface area (Å²) in [5, 5.41) is 9.06. The number of aryl methyl sites for hydroxylation is 1. The molecule has 0 fully saturated rings. The average molecular weight is 418 g/mol. The van der Waals surface area contributed by atoms with E-state index in [1.807, 2.05) is 30.6 Å². The van der Waals surface area contributed by atoms with E-state index in [4.69, 9.17) is 21.9 Å². The highest BCUT2D eigenvalue weighted by Crippen LogP contribution is 2.34. The summed E-state index contributed by atoms with van der Waals surface area (Å²) < 4.78 is 99.2. The number of aliphatic hydroxyl groups excluding tert-OH is 1. The standard InChI is InChI=1S/C8H12NO.C2F6N.2O2S/c10-8-4-7-9-5-2-1-3-6-9;3-1(4,5)9-2(6,7)8;2*1-3-2/h1-3,5-6,10H,4,7-8H2;;;/q+1;-1;;. The number of hydrogen-bond acceptors (Lipinski definition) is 5. The van der Waals surface area contributed by atoms with Crippen LogP contribution in [0.5, 0.6) is 0 Å². The first kappa shape index (κ1) is 28.1. The Morgan fingerprint density at radius 1 is 0.840 bits per heavy atom. The molecule has 0 atom stereocenters. The number of pyridine rings is 1. The number of halogens is 6. The van der Waals surface area contributed by atoms with E-state index in [0.29, 0.717) is 5.32 Å². The van der Waals surface area contributed by atoms with Crippen molar-refractivity contribution in [3.05, 3.63) is 35.9 Å². The molecule has 0 spiro atoms. The van der Waals surface area contributed by atoms with E-state index in [2.05, 4.69) is 4.57 Å². The van der Waals surface area contributed by atoms with Crippen LogP contribution in [0.4, 0.5) is 26.3 Å². The maximum absolute atomic E-state index is 10.7. The Morgan fingerprint density at radius 2 is 1.20 bits per heavy atom. The van der Waals surface area contributed by atoms with Crippen LogP contribution in [0.25, 0.3) is 5.32 Å². The van der Waals surface area contributed by atoms with E-state index in [9.17, 15) is 26.3 Å². The molecule has 25 heavy (non-hydrogen) atoms. The number of aliphatic hydroxyl groups is 1. The molecule has 15 heteroatoms. The van der Waals surface area contributed by atoms with Gasteiger partial charge in [-0.05, 0) is 0 Å². The molecule has 146 valence electrons. The molecular formula is C10H12F6N2O5S2. The molecule has 0 aliphatic carbocycles. The van der Waals surface area contributed by atoms with Crippen molar-refractivity contribution in [1.82, 2.24) is 0 Å². The van der Waals surface area contributed by atoms with Gasteiger partial charge in [0.15, 0.2) is 18.9 Å². The van der Waals surface area contributed by atoms with Gasteiger partial charge in [0.05, 0.1) is 0 Å². The molecule has 1 aromatic heterocycles. The van der Waals surface area contributed by atoms with Crippen molar-refractivity contribution in [1.29, 1.82) is 0 Å². The SMILES string of the molecule is FC(F)(F)[N-]C(F)(F)F.O=S=O.O=S=O.OCCC[n+]1ccccc1. The summed E-state index contributed by atoms with van der Waals surface area (Å²) in [5.74, 6) is 0. The summed E-state index contributed by atoms with van der Waals surface area (Å²) in [6, 6.07) is 5.95. The van der Waals surface area contributed by atoms with E-state index >= 15 is 0 Å². The second kappa shape index (κ2) is 17.1. The van der Waals surface area contributed by atoms with E-state index in [0.717, 1.165) is 13.0 Å². The zero-order valence-corrected chi connectivity index (χ0v) is 13.7. The molecule has 1 rings (SSSR count). The molecule has 0 bridgehead atoms. The average Bonchev–Trinajstić information content (AvgIpc) is 2.45. The summed E-state index contributed by atoms with van der Waals surface area (Å²) in [6.45, 7) is 1.17. The topological polar surface area (TPSA) is 106 Å². The van der Waals surface area contributed by atoms with Crippen molar-refractivity contribution >= 4 is 23.1 Å². The summed E-state index contributed by atoms with van der Waals surface area (Å²) in [6.07, 6.45) is -6.21. The van der Waals surface area contributed by atoms with Gasteiger partial charge in [-0.15, -0.1) is 0 Å². The Kier molecular flexibility index (Phi) is 19.3. The van der Waals surface area contributed by atoms with Gasteiger partial charge < -0.3 is 10.4 Å². The predicted molar refractivity (Wildman–Crippen MR) is 71.6 cm³/mol. The van der Waals surface area contributed by atoms with Crippen molar-refractivity contribution in [2.24, 2.45) is 0 Å². The lowest BCUT2D eigenvalue weighted by Crippen LogP contribution is -2.32. The summed E-state index contributed by atoms with van der Waals surface area (Å²) in [5.41, 5.74) is 0. The van der Waals surface area contributed by atoms with Crippen molar-refractivity contribution in [2.75, 3.05) is 6.61 Å². The van der Waals surface area contributed by atoms with Crippen LogP contribution in [0.1, 0.15) is 6.42 Å². The van der Waals surface area contributed by atoms with E-state index < -0.39 is 35.7 Å². The van der Waals surface area contributed by atoms with Gasteiger partial charge in [-0.2, -0.15) is 43.2 Å². The lowest BCUT2D eigenvalue weighted by atomic mass is 10.4. The van der Waals surface area contributed by atoms with E-state index in [-0.39, 0.29) is 6.61 Å². The Labute approximate surface area is 144 Å². The molecular weight excluding hydrogens is 406 g/mol. The number of nitrogens with zero attached hydrogens (tertiary/aromatic N) is 2. The molecule has 0 amide bonds. The molecule has 0 aliphatic rings. The van der Waals surface area contributed by atoms with Crippen molar-refractivity contribution in [2.45, 2.75) is 25.6 Å². The Bertz CT molecular complexity index is 479. The molecule has 0 unspecified atom stereocenters. The Balaban J connectivity index is -0.000000297. The maximum atomic E-state index is 10.7. The summed E-state index contributed by atoms with van der Waals surface area (Å²) in [4.78, 5) is 0. The van der Waals surface area contributed by atoms with E-state index in [1.165, 1.54) is 0 Å². The fraction of sp³-hybridized carbons (Fsp3) is 0.500. The fourth-order valence-electron chi connectivity index (χ4n) is 0.980. The molecule has 1 N–H and O–H groups in total. The maximum Gasteiger partial charge on any atom is 0.335 e. The van der Waals surface area contributed by atoms with Crippen LogP contribution in [0.15, 0.2) is 30.6 Å². The number of alkyl halides is 6. The van der Waals surface area contributed by atoms with Crippen LogP contribution in [-0.2, 0) is 29.7 Å². The first-order valence-electron chi connectivity index (χ1n) is 5.73. The van der Waals surface area contributed by atoms with Crippen LogP contribution < -0.4 is 4.57 Å². The summed E-state index contributed by atoms with van der Waals surface area (Å²) >= 11 is -1.50. The monoisotopic (exact) mass is 418 g/mol. The van der Waals surface area contributed by atoms with Gasteiger partial charge in [0.25, 0.3) is 0 Å². The third-order valence-electron chi connectivity index (χ3n) is 1.61. The fourth-order valence-corrected chi connectivity index (χ4v) is 0.980. The number of hydrogen-bond donors (Lipinski definition) is 1. The minimum atomic E-state index is -5.52. The minimum Gasteiger partial charge on any atom is -0.478 e. The van der Waals surface area contributed by atoms with Gasteiger partial charge >= 0.3 is 35.7 Å². The minimum absolute atomic E-state index is 0.266. The normalized spacial score (nSPS) is 9.88. The smallest absolute Gasteiger partial charge is 0.335 e. The number of rotatable bonds is 3. The van der Waals surface area contributed by atoms with Crippen molar-refractivity contribution in [3.8, 4) is 0 Å². The molecule has 0 saturated heterocycles. The number of aromatic nitrogens is 1. The zero-order valence-electron chi connectivity index (χ0n) is 12.1. The van der Waals surface area contributed by atoms with Gasteiger partial charge in [0.2, 0.25) is 0 Å². The van der Waals surface area contributed by atoms with Crippen molar-refractivity contribution in [3.63, 3.8) is 0 Å². The second-order valence-electron chi connectivity index (χ2n) is 3.37. The first-order chi connectivity index (χ1) is 11.5. The largest absolute Gasteiger partial charge is 0.478 e. The van der Waals surface area contributed by atoms with Gasteiger partial charge in [-0.1, -0.05) is 6.07 Å². The van der Waals surface area contributed by atoms with Crippen LogP contribution >= 0.6 is 0 Å². The van der Waals surface area contributed by atoms with Gasteiger partial charge in [0, 0.05) is 25.2 Å². The third-order valence-corrected chi connectivity index (χ3v) is 1.61. The molecule has 0 aromatic carbocycles. The highest BCUT2D eigenvalue weighted by molar-refractivity contribution is 7.51. The molecule has 1 heterocycles. The Morgan fingerprint density at radius 3 is 1.44 bits per heavy atom. The van der Waals surface area contributed by atoms with Crippen LogP contribution in [-0.4, -0.2) is 41.1 Å². The van der Waals surface area contributed by atoms with Gasteiger partial charge in [0.1, 0.15) is 0 Å². The molecule has 0 saturated carbocycles. The lowest BCUT2D eigenvalue weighted by molar-refractivity contribution is -0.697. The van der Waals surface area contributed by atoms with Gasteiger partial charge in [-0.25, -0.2) is 4.57 Å². The van der Waals surface area contributed by atoms with Crippen molar-refractivity contribution < 1.29 is 52.9 Å². The zero-order chi connectivity index (χ0) is 20.4. The molecule has 7 nitrogen and oxygen atoms in total. The third kappa shape index (κ3) is 34.6. The van der Waals surface area contributed by atoms with Crippen LogP contribution in [0.2, 0.25) is 0 Å². The highest BCUT2D eigenvalue weighted by atomic mass is 32.1. The molecule has 0 radical (unpaired) electrons. The van der Waals surface area contributed by atoms with Crippen LogP contribution in [0, 0.1) is 0 Å². The predicted octanol–water partition coefficient (Wildman–Crippen LogP) is 1.42. The second-order valence-corrected chi connectivity index (χ2v) is 3.65. The summed E-state index contributed by atoms with van der Waals surface area (Å²) in [7, 11) is 0.